The van der Waals surface area contributed by atoms with E-state index >= 15 is 0 Å². The molecule has 2 heterocycles. The minimum atomic E-state index is -3.99. The van der Waals surface area contributed by atoms with Crippen LogP contribution in [0, 0.1) is 17.8 Å². The van der Waals surface area contributed by atoms with Crippen LogP contribution in [0.3, 0.4) is 0 Å². The third-order valence-electron chi connectivity index (χ3n) is 4.21. The van der Waals surface area contributed by atoms with Crippen molar-refractivity contribution in [1.82, 2.24) is 10.2 Å². The lowest BCUT2D eigenvalue weighted by Gasteiger charge is -2.38. The Bertz CT molecular complexity index is 243. The van der Waals surface area contributed by atoms with E-state index in [1.807, 2.05) is 0 Å². The molecule has 0 spiro atoms. The van der Waals surface area contributed by atoms with E-state index in [9.17, 15) is 13.2 Å². The molecule has 2 saturated heterocycles. The Kier molecular flexibility index (Phi) is 3.98. The Balaban J connectivity index is 1.71. The van der Waals surface area contributed by atoms with Crippen molar-refractivity contribution >= 4 is 0 Å². The molecule has 0 saturated carbocycles. The molecule has 100 valence electrons. The fourth-order valence-electron chi connectivity index (χ4n) is 2.71. The summed E-state index contributed by atoms with van der Waals surface area (Å²) in [6, 6.07) is 0. The topological polar surface area (TPSA) is 15.3 Å². The second-order valence-electron chi connectivity index (χ2n) is 5.51. The molecule has 2 aliphatic heterocycles. The van der Waals surface area contributed by atoms with Gasteiger partial charge in [0.1, 0.15) is 0 Å². The Morgan fingerprint density at radius 2 is 1.82 bits per heavy atom. The quantitative estimate of drug-likeness (QED) is 0.825. The average Bonchev–Trinajstić information content (AvgIpc) is 2.13. The first kappa shape index (κ1) is 13.1. The second-order valence-corrected chi connectivity index (χ2v) is 5.51. The van der Waals surface area contributed by atoms with Gasteiger partial charge < -0.3 is 10.2 Å². The number of alkyl halides is 3. The zero-order chi connectivity index (χ0) is 12.5. The molecule has 0 radical (unpaired) electrons. The molecule has 0 amide bonds. The lowest BCUT2D eigenvalue weighted by Crippen LogP contribution is -2.49. The van der Waals surface area contributed by atoms with Crippen molar-refractivity contribution in [2.45, 2.75) is 25.9 Å². The fourth-order valence-corrected chi connectivity index (χ4v) is 2.71. The average molecular weight is 250 g/mol. The predicted octanol–water partition coefficient (Wildman–Crippen LogP) is 2.12. The van der Waals surface area contributed by atoms with E-state index in [0.717, 1.165) is 25.6 Å². The van der Waals surface area contributed by atoms with Gasteiger partial charge in [0.05, 0.1) is 5.92 Å². The van der Waals surface area contributed by atoms with Crippen molar-refractivity contribution in [3.8, 4) is 0 Å². The number of halogens is 3. The summed E-state index contributed by atoms with van der Waals surface area (Å²) >= 11 is 0. The van der Waals surface area contributed by atoms with Gasteiger partial charge in [0.15, 0.2) is 0 Å². The van der Waals surface area contributed by atoms with Gasteiger partial charge in [-0.05, 0) is 50.9 Å². The monoisotopic (exact) mass is 250 g/mol. The summed E-state index contributed by atoms with van der Waals surface area (Å²) in [7, 11) is 0. The molecule has 17 heavy (non-hydrogen) atoms. The molecule has 0 aromatic rings. The van der Waals surface area contributed by atoms with E-state index in [2.05, 4.69) is 17.1 Å². The van der Waals surface area contributed by atoms with Gasteiger partial charge in [-0.15, -0.1) is 0 Å². The van der Waals surface area contributed by atoms with Gasteiger partial charge in [-0.3, -0.25) is 0 Å². The first-order valence-corrected chi connectivity index (χ1v) is 6.46. The number of rotatable bonds is 3. The smallest absolute Gasteiger partial charge is 0.316 e. The summed E-state index contributed by atoms with van der Waals surface area (Å²) in [5.74, 6) is 0.244. The standard InChI is InChI=1S/C12H21F3N2/c1-9(10-6-16-7-10)8-17-4-2-11(3-5-17)12(13,14)15/h9-11,16H,2-8H2,1H3. The maximum absolute atomic E-state index is 12.5. The van der Waals surface area contributed by atoms with Crippen LogP contribution in [0.15, 0.2) is 0 Å². The van der Waals surface area contributed by atoms with Crippen molar-refractivity contribution in [3.63, 3.8) is 0 Å². The highest BCUT2D eigenvalue weighted by molar-refractivity contribution is 4.83. The third kappa shape index (κ3) is 3.35. The third-order valence-corrected chi connectivity index (χ3v) is 4.21. The van der Waals surface area contributed by atoms with Gasteiger partial charge in [0.25, 0.3) is 0 Å². The summed E-state index contributed by atoms with van der Waals surface area (Å²) in [6.45, 7) is 6.52. The van der Waals surface area contributed by atoms with Crippen LogP contribution < -0.4 is 5.32 Å². The van der Waals surface area contributed by atoms with Crippen molar-refractivity contribution in [3.05, 3.63) is 0 Å². The van der Waals surface area contributed by atoms with E-state index in [1.54, 1.807) is 0 Å². The Morgan fingerprint density at radius 1 is 1.24 bits per heavy atom. The first-order chi connectivity index (χ1) is 7.97. The molecule has 2 fully saturated rings. The predicted molar refractivity (Wildman–Crippen MR) is 60.7 cm³/mol. The van der Waals surface area contributed by atoms with Crippen LogP contribution in [0.2, 0.25) is 0 Å². The highest BCUT2D eigenvalue weighted by atomic mass is 19.4. The van der Waals surface area contributed by atoms with Crippen molar-refractivity contribution < 1.29 is 13.2 Å². The minimum Gasteiger partial charge on any atom is -0.316 e. The number of likely N-dealkylation sites (tertiary alicyclic amines) is 1. The summed E-state index contributed by atoms with van der Waals surface area (Å²) in [5.41, 5.74) is 0. The SMILES string of the molecule is CC(CN1CCC(C(F)(F)F)CC1)C1CNC1. The number of hydrogen-bond donors (Lipinski definition) is 1. The number of nitrogens with zero attached hydrogens (tertiary/aromatic N) is 1. The lowest BCUT2D eigenvalue weighted by molar-refractivity contribution is -0.185. The van der Waals surface area contributed by atoms with Crippen LogP contribution in [-0.2, 0) is 0 Å². The molecular weight excluding hydrogens is 229 g/mol. The second kappa shape index (κ2) is 5.14. The van der Waals surface area contributed by atoms with E-state index in [0.29, 0.717) is 19.0 Å². The Morgan fingerprint density at radius 3 is 2.24 bits per heavy atom. The fraction of sp³-hybridized carbons (Fsp3) is 1.00. The van der Waals surface area contributed by atoms with E-state index in [4.69, 9.17) is 0 Å². The zero-order valence-electron chi connectivity index (χ0n) is 10.3. The molecule has 2 rings (SSSR count). The van der Waals surface area contributed by atoms with Crippen LogP contribution in [0.25, 0.3) is 0 Å². The van der Waals surface area contributed by atoms with Gasteiger partial charge in [-0.1, -0.05) is 6.92 Å². The molecule has 0 aromatic carbocycles. The van der Waals surface area contributed by atoms with E-state index < -0.39 is 12.1 Å². The van der Waals surface area contributed by atoms with Crippen LogP contribution in [0.1, 0.15) is 19.8 Å². The van der Waals surface area contributed by atoms with Crippen molar-refractivity contribution in [2.75, 3.05) is 32.7 Å². The van der Waals surface area contributed by atoms with Gasteiger partial charge >= 0.3 is 6.18 Å². The first-order valence-electron chi connectivity index (χ1n) is 6.46. The van der Waals surface area contributed by atoms with Gasteiger partial charge in [-0.2, -0.15) is 13.2 Å². The van der Waals surface area contributed by atoms with Crippen molar-refractivity contribution in [2.24, 2.45) is 17.8 Å². The lowest BCUT2D eigenvalue weighted by atomic mass is 9.87. The highest BCUT2D eigenvalue weighted by Crippen LogP contribution is 2.34. The van der Waals surface area contributed by atoms with Crippen LogP contribution in [-0.4, -0.2) is 43.8 Å². The van der Waals surface area contributed by atoms with Gasteiger partial charge in [0, 0.05) is 6.54 Å². The maximum Gasteiger partial charge on any atom is 0.391 e. The van der Waals surface area contributed by atoms with Crippen LogP contribution >= 0.6 is 0 Å². The summed E-state index contributed by atoms with van der Waals surface area (Å²) < 4.78 is 37.5. The number of piperidine rings is 1. The van der Waals surface area contributed by atoms with E-state index in [-0.39, 0.29) is 12.8 Å². The summed E-state index contributed by atoms with van der Waals surface area (Å²) in [6.07, 6.45) is -3.44. The molecule has 0 aliphatic carbocycles. The number of hydrogen-bond acceptors (Lipinski definition) is 2. The number of nitrogens with one attached hydrogen (secondary N) is 1. The minimum absolute atomic E-state index is 0.277. The summed E-state index contributed by atoms with van der Waals surface area (Å²) in [4.78, 5) is 2.20. The molecule has 0 bridgehead atoms. The molecule has 1 unspecified atom stereocenters. The normalized spacial score (nSPS) is 26.8. The molecule has 0 aromatic heterocycles. The van der Waals surface area contributed by atoms with E-state index in [1.165, 1.54) is 0 Å². The summed E-state index contributed by atoms with van der Waals surface area (Å²) in [5, 5.41) is 3.24. The van der Waals surface area contributed by atoms with Crippen LogP contribution in [0.4, 0.5) is 13.2 Å². The molecule has 2 aliphatic rings. The van der Waals surface area contributed by atoms with Gasteiger partial charge in [-0.25, -0.2) is 0 Å². The Labute approximate surface area is 101 Å². The van der Waals surface area contributed by atoms with Gasteiger partial charge in [0.2, 0.25) is 0 Å². The maximum atomic E-state index is 12.5. The highest BCUT2D eigenvalue weighted by Gasteiger charge is 2.41. The molecular formula is C12H21F3N2. The largest absolute Gasteiger partial charge is 0.391 e. The van der Waals surface area contributed by atoms with Crippen molar-refractivity contribution in [1.29, 1.82) is 0 Å². The molecule has 1 N–H and O–H groups in total. The molecule has 2 nitrogen and oxygen atoms in total. The molecule has 1 atom stereocenters. The zero-order valence-corrected chi connectivity index (χ0v) is 10.3. The Hall–Kier alpha value is -0.290. The molecule has 5 heteroatoms. The van der Waals surface area contributed by atoms with Crippen LogP contribution in [0.5, 0.6) is 0 Å².